The molecule has 5 heteroatoms. The monoisotopic (exact) mass is 308 g/mol. The minimum atomic E-state index is -0.190. The van der Waals surface area contributed by atoms with Crippen molar-refractivity contribution in [3.8, 4) is 0 Å². The van der Waals surface area contributed by atoms with Crippen LogP contribution in [0.1, 0.15) is 42.5 Å². The third-order valence-corrected chi connectivity index (χ3v) is 3.10. The van der Waals surface area contributed by atoms with Crippen molar-refractivity contribution in [1.29, 1.82) is 0 Å². The van der Waals surface area contributed by atoms with Crippen molar-refractivity contribution in [2.75, 3.05) is 5.32 Å². The molecule has 0 bridgehead atoms. The number of hydrogen-bond donors (Lipinski definition) is 2. The minimum absolute atomic E-state index is 0. The van der Waals surface area contributed by atoms with Gasteiger partial charge < -0.3 is 15.5 Å². The number of nitrogens with one attached hydrogen (secondary N) is 1. The van der Waals surface area contributed by atoms with E-state index in [0.717, 1.165) is 11.3 Å². The summed E-state index contributed by atoms with van der Waals surface area (Å²) >= 11 is 0. The summed E-state index contributed by atoms with van der Waals surface area (Å²) in [4.78, 5) is 12.2. The number of para-hydroxylation sites is 1. The van der Waals surface area contributed by atoms with Crippen LogP contribution in [0.3, 0.4) is 0 Å². The Labute approximate surface area is 131 Å². The third kappa shape index (κ3) is 4.09. The van der Waals surface area contributed by atoms with Gasteiger partial charge in [-0.15, -0.1) is 12.4 Å². The number of furan rings is 1. The Balaban J connectivity index is 0.00000220. The molecule has 114 valence electrons. The fourth-order valence-corrected chi connectivity index (χ4v) is 2.05. The SMILES string of the molecule is CC(C)(C)c1ccccc1NC(=O)c1coc(CN)c1.Cl. The number of nitrogens with two attached hydrogens (primary N) is 1. The molecule has 0 saturated carbocycles. The molecule has 1 aromatic carbocycles. The Hall–Kier alpha value is -1.78. The van der Waals surface area contributed by atoms with Gasteiger partial charge in [-0.2, -0.15) is 0 Å². The molecule has 0 saturated heterocycles. The van der Waals surface area contributed by atoms with E-state index in [1.165, 1.54) is 6.26 Å². The molecule has 0 atom stereocenters. The summed E-state index contributed by atoms with van der Waals surface area (Å²) in [6.07, 6.45) is 1.43. The largest absolute Gasteiger partial charge is 0.467 e. The first-order valence-corrected chi connectivity index (χ1v) is 6.60. The van der Waals surface area contributed by atoms with Crippen molar-refractivity contribution in [1.82, 2.24) is 0 Å². The zero-order valence-electron chi connectivity index (χ0n) is 12.5. The van der Waals surface area contributed by atoms with E-state index in [1.807, 2.05) is 24.3 Å². The third-order valence-electron chi connectivity index (χ3n) is 3.10. The van der Waals surface area contributed by atoms with Gasteiger partial charge in [-0.05, 0) is 23.1 Å². The summed E-state index contributed by atoms with van der Waals surface area (Å²) in [6.45, 7) is 6.62. The van der Waals surface area contributed by atoms with Crippen LogP contribution in [0.15, 0.2) is 41.0 Å². The van der Waals surface area contributed by atoms with Gasteiger partial charge in [0.1, 0.15) is 12.0 Å². The van der Waals surface area contributed by atoms with E-state index < -0.39 is 0 Å². The molecule has 0 unspecified atom stereocenters. The summed E-state index contributed by atoms with van der Waals surface area (Å²) in [7, 11) is 0. The summed E-state index contributed by atoms with van der Waals surface area (Å²) in [6, 6.07) is 9.47. The molecule has 1 aromatic heterocycles. The number of anilines is 1. The maximum Gasteiger partial charge on any atom is 0.258 e. The lowest BCUT2D eigenvalue weighted by molar-refractivity contribution is 0.102. The average molecular weight is 309 g/mol. The Morgan fingerprint density at radius 3 is 2.52 bits per heavy atom. The summed E-state index contributed by atoms with van der Waals surface area (Å²) in [5.74, 6) is 0.407. The van der Waals surface area contributed by atoms with Crippen molar-refractivity contribution < 1.29 is 9.21 Å². The summed E-state index contributed by atoms with van der Waals surface area (Å²) in [5, 5.41) is 2.93. The van der Waals surface area contributed by atoms with Gasteiger partial charge in [-0.1, -0.05) is 39.0 Å². The van der Waals surface area contributed by atoms with Gasteiger partial charge in [0.25, 0.3) is 5.91 Å². The molecular formula is C16H21ClN2O2. The van der Waals surface area contributed by atoms with Crippen LogP contribution < -0.4 is 11.1 Å². The van der Waals surface area contributed by atoms with Gasteiger partial charge in [0.2, 0.25) is 0 Å². The van der Waals surface area contributed by atoms with Crippen LogP contribution in [0.2, 0.25) is 0 Å². The highest BCUT2D eigenvalue weighted by molar-refractivity contribution is 6.04. The quantitative estimate of drug-likeness (QED) is 0.908. The van der Waals surface area contributed by atoms with Gasteiger partial charge in [0, 0.05) is 5.69 Å². The van der Waals surface area contributed by atoms with E-state index in [1.54, 1.807) is 6.07 Å². The lowest BCUT2D eigenvalue weighted by Crippen LogP contribution is -2.18. The van der Waals surface area contributed by atoms with Crippen LogP contribution >= 0.6 is 12.4 Å². The molecule has 3 N–H and O–H groups in total. The molecule has 0 fully saturated rings. The Morgan fingerprint density at radius 2 is 1.95 bits per heavy atom. The standard InChI is InChI=1S/C16H20N2O2.ClH/c1-16(2,3)13-6-4-5-7-14(13)18-15(19)11-8-12(9-17)20-10-11;/h4-8,10H,9,17H2,1-3H3,(H,18,19);1H. The predicted molar refractivity (Wildman–Crippen MR) is 86.9 cm³/mol. The van der Waals surface area contributed by atoms with E-state index in [9.17, 15) is 4.79 Å². The Morgan fingerprint density at radius 1 is 1.29 bits per heavy atom. The smallest absolute Gasteiger partial charge is 0.258 e. The van der Waals surface area contributed by atoms with Crippen LogP contribution in [0.4, 0.5) is 5.69 Å². The number of benzene rings is 1. The zero-order chi connectivity index (χ0) is 14.8. The highest BCUT2D eigenvalue weighted by Gasteiger charge is 2.19. The number of rotatable bonds is 3. The van der Waals surface area contributed by atoms with Crippen molar-refractivity contribution in [2.45, 2.75) is 32.7 Å². The van der Waals surface area contributed by atoms with Gasteiger partial charge in [-0.3, -0.25) is 4.79 Å². The molecular weight excluding hydrogens is 288 g/mol. The van der Waals surface area contributed by atoms with Crippen LogP contribution in [0, 0.1) is 0 Å². The van der Waals surface area contributed by atoms with E-state index in [-0.39, 0.29) is 30.3 Å². The number of hydrogen-bond acceptors (Lipinski definition) is 3. The first-order valence-electron chi connectivity index (χ1n) is 6.60. The molecule has 1 heterocycles. The molecule has 2 aromatic rings. The topological polar surface area (TPSA) is 68.3 Å². The normalized spacial score (nSPS) is 10.9. The van der Waals surface area contributed by atoms with Crippen LogP contribution in [-0.4, -0.2) is 5.91 Å². The first kappa shape index (κ1) is 17.3. The maximum absolute atomic E-state index is 12.2. The van der Waals surface area contributed by atoms with Gasteiger partial charge in [-0.25, -0.2) is 0 Å². The number of halogens is 1. The van der Waals surface area contributed by atoms with E-state index >= 15 is 0 Å². The second-order valence-electron chi connectivity index (χ2n) is 5.76. The van der Waals surface area contributed by atoms with Gasteiger partial charge in [0.05, 0.1) is 12.1 Å². The fourth-order valence-electron chi connectivity index (χ4n) is 2.05. The van der Waals surface area contributed by atoms with Crippen LogP contribution in [-0.2, 0) is 12.0 Å². The second-order valence-corrected chi connectivity index (χ2v) is 5.76. The molecule has 0 aliphatic carbocycles. The number of carbonyl (C=O) groups excluding carboxylic acids is 1. The molecule has 0 spiro atoms. The predicted octanol–water partition coefficient (Wildman–Crippen LogP) is 3.71. The second kappa shape index (κ2) is 6.78. The van der Waals surface area contributed by atoms with E-state index in [4.69, 9.17) is 10.2 Å². The molecule has 0 aliphatic rings. The lowest BCUT2D eigenvalue weighted by Gasteiger charge is -2.22. The lowest BCUT2D eigenvalue weighted by atomic mass is 9.86. The summed E-state index contributed by atoms with van der Waals surface area (Å²) in [5.41, 5.74) is 7.83. The Bertz CT molecular complexity index is 615. The molecule has 21 heavy (non-hydrogen) atoms. The molecule has 2 rings (SSSR count). The Kier molecular flexibility index (Phi) is 5.58. The van der Waals surface area contributed by atoms with Crippen LogP contribution in [0.25, 0.3) is 0 Å². The van der Waals surface area contributed by atoms with E-state index in [2.05, 4.69) is 26.1 Å². The highest BCUT2D eigenvalue weighted by Crippen LogP contribution is 2.29. The average Bonchev–Trinajstić information content (AvgIpc) is 2.87. The van der Waals surface area contributed by atoms with Crippen molar-refractivity contribution in [3.63, 3.8) is 0 Å². The number of carbonyl (C=O) groups is 1. The van der Waals surface area contributed by atoms with Crippen molar-refractivity contribution in [3.05, 3.63) is 53.5 Å². The summed E-state index contributed by atoms with van der Waals surface area (Å²) < 4.78 is 5.18. The van der Waals surface area contributed by atoms with E-state index in [0.29, 0.717) is 11.3 Å². The molecule has 0 aliphatic heterocycles. The highest BCUT2D eigenvalue weighted by atomic mass is 35.5. The van der Waals surface area contributed by atoms with Crippen molar-refractivity contribution >= 4 is 24.0 Å². The fraction of sp³-hybridized carbons (Fsp3) is 0.312. The number of amides is 1. The first-order chi connectivity index (χ1) is 9.41. The van der Waals surface area contributed by atoms with Crippen LogP contribution in [0.5, 0.6) is 0 Å². The molecule has 4 nitrogen and oxygen atoms in total. The molecule has 0 radical (unpaired) electrons. The van der Waals surface area contributed by atoms with Crippen molar-refractivity contribution in [2.24, 2.45) is 5.73 Å². The van der Waals surface area contributed by atoms with Gasteiger partial charge in [0.15, 0.2) is 0 Å². The maximum atomic E-state index is 12.2. The molecule has 1 amide bonds. The van der Waals surface area contributed by atoms with Gasteiger partial charge >= 0.3 is 0 Å². The zero-order valence-corrected chi connectivity index (χ0v) is 13.3. The minimum Gasteiger partial charge on any atom is -0.467 e.